The van der Waals surface area contributed by atoms with E-state index in [0.717, 1.165) is 31.2 Å². The molecule has 1 heterocycles. The molecule has 5 heteroatoms. The zero-order valence-corrected chi connectivity index (χ0v) is 14.4. The van der Waals surface area contributed by atoms with Gasteiger partial charge in [0.05, 0.1) is 17.6 Å². The second kappa shape index (κ2) is 6.39. The van der Waals surface area contributed by atoms with Gasteiger partial charge < -0.3 is 14.5 Å². The first-order valence-electron chi connectivity index (χ1n) is 6.14. The Hall–Kier alpha value is -0.360. The topological polar surface area (TPSA) is 34.4 Å². The fraction of sp³-hybridized carbons (Fsp3) is 0.429. The van der Waals surface area contributed by atoms with E-state index in [-0.39, 0.29) is 0 Å². The molecule has 0 radical (unpaired) electrons. The Labute approximate surface area is 129 Å². The van der Waals surface area contributed by atoms with E-state index in [0.29, 0.717) is 19.2 Å². The number of ether oxygens (including phenoxy) is 1. The molecule has 1 N–H and O–H groups in total. The molecule has 0 saturated heterocycles. The van der Waals surface area contributed by atoms with Gasteiger partial charge in [-0.3, -0.25) is 0 Å². The molecular formula is C14H17Br2NO2. The average molecular weight is 391 g/mol. The van der Waals surface area contributed by atoms with Gasteiger partial charge in [0.2, 0.25) is 0 Å². The number of benzene rings is 1. The maximum atomic E-state index is 5.98. The molecule has 0 bridgehead atoms. The number of rotatable bonds is 5. The van der Waals surface area contributed by atoms with Crippen LogP contribution in [0.15, 0.2) is 25.5 Å². The summed E-state index contributed by atoms with van der Waals surface area (Å²) in [6, 6.07) is 4.47. The minimum atomic E-state index is 0.416. The number of furan rings is 1. The molecule has 0 aliphatic carbocycles. The van der Waals surface area contributed by atoms with Crippen molar-refractivity contribution in [1.29, 1.82) is 0 Å². The predicted molar refractivity (Wildman–Crippen MR) is 84.3 cm³/mol. The van der Waals surface area contributed by atoms with Crippen molar-refractivity contribution in [2.45, 2.75) is 33.0 Å². The molecule has 0 aliphatic heterocycles. The Morgan fingerprint density at radius 1 is 1.32 bits per heavy atom. The third-order valence-electron chi connectivity index (χ3n) is 2.85. The van der Waals surface area contributed by atoms with Crippen LogP contribution in [0.1, 0.15) is 25.2 Å². The number of fused-ring (bicyclic) bond motifs is 1. The minimum absolute atomic E-state index is 0.416. The molecule has 19 heavy (non-hydrogen) atoms. The van der Waals surface area contributed by atoms with Crippen molar-refractivity contribution in [3.63, 3.8) is 0 Å². The van der Waals surface area contributed by atoms with Gasteiger partial charge in [-0.1, -0.05) is 29.8 Å². The van der Waals surface area contributed by atoms with Crippen LogP contribution in [0.25, 0.3) is 11.0 Å². The second-order valence-corrected chi connectivity index (χ2v) is 6.51. The molecule has 0 aliphatic rings. The van der Waals surface area contributed by atoms with Gasteiger partial charge in [-0.25, -0.2) is 0 Å². The molecule has 104 valence electrons. The molecule has 0 fully saturated rings. The maximum absolute atomic E-state index is 5.98. The van der Waals surface area contributed by atoms with Crippen LogP contribution in [0.3, 0.4) is 0 Å². The summed E-state index contributed by atoms with van der Waals surface area (Å²) in [6.07, 6.45) is 0. The van der Waals surface area contributed by atoms with Crippen molar-refractivity contribution in [2.24, 2.45) is 0 Å². The van der Waals surface area contributed by atoms with Crippen LogP contribution >= 0.6 is 31.9 Å². The molecule has 1 aromatic carbocycles. The molecule has 2 rings (SSSR count). The monoisotopic (exact) mass is 389 g/mol. The third kappa shape index (κ3) is 3.40. The van der Waals surface area contributed by atoms with Crippen molar-refractivity contribution in [1.82, 2.24) is 5.32 Å². The quantitative estimate of drug-likeness (QED) is 0.809. The number of halogens is 2. The lowest BCUT2D eigenvalue weighted by Gasteiger charge is -2.07. The van der Waals surface area contributed by atoms with E-state index in [2.05, 4.69) is 57.1 Å². The lowest BCUT2D eigenvalue weighted by atomic mass is 10.1. The zero-order chi connectivity index (χ0) is 14.0. The largest absolute Gasteiger partial charge is 0.458 e. The molecule has 1 aromatic heterocycles. The van der Waals surface area contributed by atoms with Crippen molar-refractivity contribution >= 4 is 42.8 Å². The van der Waals surface area contributed by atoms with Gasteiger partial charge in [0, 0.05) is 28.6 Å². The highest BCUT2D eigenvalue weighted by Gasteiger charge is 2.16. The molecule has 0 saturated carbocycles. The van der Waals surface area contributed by atoms with Crippen molar-refractivity contribution < 1.29 is 9.15 Å². The van der Waals surface area contributed by atoms with Crippen molar-refractivity contribution in [2.75, 3.05) is 7.11 Å². The summed E-state index contributed by atoms with van der Waals surface area (Å²) >= 11 is 7.05. The predicted octanol–water partition coefficient (Wildman–Crippen LogP) is 4.60. The smallest absolute Gasteiger partial charge is 0.148 e. The summed E-state index contributed by atoms with van der Waals surface area (Å²) in [5, 5.41) is 4.47. The molecule has 2 aromatic rings. The maximum Gasteiger partial charge on any atom is 0.148 e. The average Bonchev–Trinajstić information content (AvgIpc) is 2.66. The van der Waals surface area contributed by atoms with E-state index in [4.69, 9.17) is 9.15 Å². The van der Waals surface area contributed by atoms with E-state index in [1.807, 2.05) is 6.07 Å². The van der Waals surface area contributed by atoms with Gasteiger partial charge in [0.15, 0.2) is 0 Å². The van der Waals surface area contributed by atoms with E-state index in [1.54, 1.807) is 7.11 Å². The Morgan fingerprint density at radius 3 is 2.68 bits per heavy atom. The van der Waals surface area contributed by atoms with Crippen LogP contribution in [-0.4, -0.2) is 13.2 Å². The Bertz CT molecular complexity index is 578. The first-order valence-corrected chi connectivity index (χ1v) is 7.73. The van der Waals surface area contributed by atoms with Gasteiger partial charge in [-0.15, -0.1) is 0 Å². The van der Waals surface area contributed by atoms with Crippen molar-refractivity contribution in [3.05, 3.63) is 32.4 Å². The zero-order valence-electron chi connectivity index (χ0n) is 11.2. The fourth-order valence-corrected chi connectivity index (χ4v) is 3.27. The molecule has 0 atom stereocenters. The SMILES string of the molecule is COCc1c(CNC(C)C)oc2c(Br)cc(Br)cc12. The lowest BCUT2D eigenvalue weighted by Crippen LogP contribution is -2.22. The van der Waals surface area contributed by atoms with Gasteiger partial charge in [0.1, 0.15) is 11.3 Å². The van der Waals surface area contributed by atoms with Crippen molar-refractivity contribution in [3.8, 4) is 0 Å². The van der Waals surface area contributed by atoms with Crippen LogP contribution in [0.2, 0.25) is 0 Å². The normalized spacial score (nSPS) is 11.7. The van der Waals surface area contributed by atoms with Crippen LogP contribution in [0.4, 0.5) is 0 Å². The van der Waals surface area contributed by atoms with E-state index in [9.17, 15) is 0 Å². The summed E-state index contributed by atoms with van der Waals surface area (Å²) in [5.74, 6) is 0.935. The van der Waals surface area contributed by atoms with E-state index in [1.165, 1.54) is 0 Å². The summed E-state index contributed by atoms with van der Waals surface area (Å²) in [6.45, 7) is 5.48. The highest BCUT2D eigenvalue weighted by molar-refractivity contribution is 9.11. The summed E-state index contributed by atoms with van der Waals surface area (Å²) in [4.78, 5) is 0. The lowest BCUT2D eigenvalue weighted by molar-refractivity contribution is 0.183. The fourth-order valence-electron chi connectivity index (χ4n) is 1.97. The molecule has 0 spiro atoms. The van der Waals surface area contributed by atoms with Gasteiger partial charge in [-0.05, 0) is 28.1 Å². The van der Waals surface area contributed by atoms with Crippen LogP contribution in [0.5, 0.6) is 0 Å². The number of nitrogens with one attached hydrogen (secondary N) is 1. The van der Waals surface area contributed by atoms with E-state index < -0.39 is 0 Å². The Kier molecular flexibility index (Phi) is 5.06. The Morgan fingerprint density at radius 2 is 2.05 bits per heavy atom. The number of hydrogen-bond donors (Lipinski definition) is 1. The van der Waals surface area contributed by atoms with Crippen LogP contribution < -0.4 is 5.32 Å². The minimum Gasteiger partial charge on any atom is -0.458 e. The molecular weight excluding hydrogens is 374 g/mol. The first-order chi connectivity index (χ1) is 9.02. The van der Waals surface area contributed by atoms with Gasteiger partial charge in [0.25, 0.3) is 0 Å². The van der Waals surface area contributed by atoms with Crippen LogP contribution in [-0.2, 0) is 17.9 Å². The van der Waals surface area contributed by atoms with E-state index >= 15 is 0 Å². The van der Waals surface area contributed by atoms with Gasteiger partial charge >= 0.3 is 0 Å². The standard InChI is InChI=1S/C14H17Br2NO2/c1-8(2)17-6-13-11(7-18-3)10-4-9(15)5-12(16)14(10)19-13/h4-5,8,17H,6-7H2,1-3H3. The van der Waals surface area contributed by atoms with Crippen LogP contribution in [0, 0.1) is 0 Å². The third-order valence-corrected chi connectivity index (χ3v) is 3.90. The number of methoxy groups -OCH3 is 1. The van der Waals surface area contributed by atoms with Gasteiger partial charge in [-0.2, -0.15) is 0 Å². The highest BCUT2D eigenvalue weighted by Crippen LogP contribution is 2.34. The second-order valence-electron chi connectivity index (χ2n) is 4.74. The number of hydrogen-bond acceptors (Lipinski definition) is 3. The summed E-state index contributed by atoms with van der Waals surface area (Å²) in [7, 11) is 1.70. The highest BCUT2D eigenvalue weighted by atomic mass is 79.9. The molecule has 0 amide bonds. The Balaban J connectivity index is 2.50. The summed E-state index contributed by atoms with van der Waals surface area (Å²) < 4.78 is 13.3. The first kappa shape index (κ1) is 15.0. The molecule has 0 unspecified atom stereocenters. The molecule has 3 nitrogen and oxygen atoms in total. The summed E-state index contributed by atoms with van der Waals surface area (Å²) in [5.41, 5.74) is 1.98.